The molecule has 0 spiro atoms. The quantitative estimate of drug-likeness (QED) is 0.482. The van der Waals surface area contributed by atoms with E-state index in [-0.39, 0.29) is 12.7 Å². The van der Waals surface area contributed by atoms with Gasteiger partial charge in [0.05, 0.1) is 24.3 Å². The molecule has 0 saturated heterocycles. The van der Waals surface area contributed by atoms with E-state index in [9.17, 15) is 26.7 Å². The maximum absolute atomic E-state index is 12.8. The molecule has 1 aromatic rings. The minimum Gasteiger partial charge on any atom is -0.466 e. The summed E-state index contributed by atoms with van der Waals surface area (Å²) >= 11 is 5.32. The monoisotopic (exact) mass is 317 g/mol. The minimum atomic E-state index is -4.91. The molecule has 0 unspecified atom stereocenters. The van der Waals surface area contributed by atoms with Crippen LogP contribution in [-0.4, -0.2) is 17.6 Å². The van der Waals surface area contributed by atoms with Crippen LogP contribution in [0.1, 0.15) is 30.2 Å². The average molecular weight is 318 g/mol. The molecule has 1 aromatic heterocycles. The third kappa shape index (κ3) is 4.03. The summed E-state index contributed by atoms with van der Waals surface area (Å²) in [5.74, 6) is -0.877. The molecule has 20 heavy (non-hydrogen) atoms. The van der Waals surface area contributed by atoms with Gasteiger partial charge in [-0.15, -0.1) is 0 Å². The highest BCUT2D eigenvalue weighted by Crippen LogP contribution is 2.37. The largest absolute Gasteiger partial charge is 0.466 e. The molecule has 0 aromatic carbocycles. The Labute approximate surface area is 115 Å². The van der Waals surface area contributed by atoms with Crippen LogP contribution in [0.5, 0.6) is 0 Å². The van der Waals surface area contributed by atoms with Gasteiger partial charge in [0.1, 0.15) is 5.15 Å². The van der Waals surface area contributed by atoms with Crippen molar-refractivity contribution in [3.05, 3.63) is 28.0 Å². The molecule has 9 heteroatoms. The van der Waals surface area contributed by atoms with Gasteiger partial charge in [0.15, 0.2) is 0 Å². The summed E-state index contributed by atoms with van der Waals surface area (Å²) in [7, 11) is 0. The zero-order valence-corrected chi connectivity index (χ0v) is 10.9. The van der Waals surface area contributed by atoms with Gasteiger partial charge in [0, 0.05) is 5.56 Å². The van der Waals surface area contributed by atoms with Crippen LogP contribution in [0.15, 0.2) is 6.07 Å². The van der Waals surface area contributed by atoms with Crippen molar-refractivity contribution in [3.63, 3.8) is 0 Å². The Balaban J connectivity index is 3.25. The number of hydrogen-bond acceptors (Lipinski definition) is 3. The van der Waals surface area contributed by atoms with Crippen LogP contribution in [0.3, 0.4) is 0 Å². The maximum atomic E-state index is 12.8. The number of carbonyl (C=O) groups excluding carboxylic acids is 1. The Kier molecular flexibility index (Phi) is 5.27. The highest BCUT2D eigenvalue weighted by molar-refractivity contribution is 6.30. The summed E-state index contributed by atoms with van der Waals surface area (Å²) in [4.78, 5) is 14.5. The van der Waals surface area contributed by atoms with E-state index in [0.717, 1.165) is 0 Å². The summed E-state index contributed by atoms with van der Waals surface area (Å²) < 4.78 is 67.7. The summed E-state index contributed by atoms with van der Waals surface area (Å²) in [5.41, 5.74) is -2.99. The number of rotatable bonds is 4. The van der Waals surface area contributed by atoms with Crippen LogP contribution in [0.4, 0.5) is 22.0 Å². The molecule has 0 atom stereocenters. The maximum Gasteiger partial charge on any atom is 0.419 e. The number of nitrogens with zero attached hydrogens (tertiary/aromatic N) is 1. The van der Waals surface area contributed by atoms with E-state index in [0.29, 0.717) is 0 Å². The first kappa shape index (κ1) is 16.6. The second-order valence-electron chi connectivity index (χ2n) is 3.64. The first-order valence-electron chi connectivity index (χ1n) is 5.37. The molecule has 0 aliphatic carbocycles. The van der Waals surface area contributed by atoms with Crippen LogP contribution >= 0.6 is 11.6 Å². The van der Waals surface area contributed by atoms with Crippen LogP contribution in [-0.2, 0) is 22.1 Å². The Hall–Kier alpha value is -1.44. The van der Waals surface area contributed by atoms with Crippen molar-refractivity contribution >= 4 is 17.6 Å². The van der Waals surface area contributed by atoms with Gasteiger partial charge < -0.3 is 4.74 Å². The lowest BCUT2D eigenvalue weighted by atomic mass is 10.1. The molecule has 0 aliphatic rings. The number of aromatic nitrogens is 1. The number of alkyl halides is 5. The summed E-state index contributed by atoms with van der Waals surface area (Å²) in [5, 5.41) is -0.985. The lowest BCUT2D eigenvalue weighted by Crippen LogP contribution is -2.14. The smallest absolute Gasteiger partial charge is 0.419 e. The first-order valence-corrected chi connectivity index (χ1v) is 5.74. The van der Waals surface area contributed by atoms with Crippen molar-refractivity contribution in [2.75, 3.05) is 6.61 Å². The molecule has 112 valence electrons. The second-order valence-corrected chi connectivity index (χ2v) is 4.00. The number of halogens is 6. The van der Waals surface area contributed by atoms with Gasteiger partial charge >= 0.3 is 12.1 Å². The summed E-state index contributed by atoms with van der Waals surface area (Å²) in [6.45, 7) is 1.51. The van der Waals surface area contributed by atoms with Crippen molar-refractivity contribution in [2.45, 2.75) is 25.9 Å². The molecule has 0 saturated carbocycles. The molecule has 3 nitrogen and oxygen atoms in total. The number of hydrogen-bond donors (Lipinski definition) is 0. The topological polar surface area (TPSA) is 39.2 Å². The van der Waals surface area contributed by atoms with E-state index in [1.54, 1.807) is 0 Å². The minimum absolute atomic E-state index is 0.0111. The number of pyridine rings is 1. The average Bonchev–Trinajstić information content (AvgIpc) is 2.26. The zero-order valence-electron chi connectivity index (χ0n) is 10.1. The fourth-order valence-electron chi connectivity index (χ4n) is 1.42. The molecule has 0 radical (unpaired) electrons. The molecule has 0 bridgehead atoms. The Bertz CT molecular complexity index is 504. The van der Waals surface area contributed by atoms with Crippen LogP contribution < -0.4 is 0 Å². The van der Waals surface area contributed by atoms with Crippen LogP contribution in [0, 0.1) is 0 Å². The van der Waals surface area contributed by atoms with Gasteiger partial charge in [-0.3, -0.25) is 4.79 Å². The standard InChI is InChI=1S/C11H9ClF5NO2/c1-2-20-8(19)4-7-5(10(13)14)3-6(9(12)18-7)11(15,16)17/h3,10H,2,4H2,1H3. The number of carbonyl (C=O) groups is 1. The highest BCUT2D eigenvalue weighted by Gasteiger charge is 2.36. The first-order chi connectivity index (χ1) is 9.16. The molecule has 0 N–H and O–H groups in total. The van der Waals surface area contributed by atoms with Gasteiger partial charge in [-0.1, -0.05) is 11.6 Å². The summed E-state index contributed by atoms with van der Waals surface area (Å²) in [6, 6.07) is 0.203. The Morgan fingerprint density at radius 3 is 2.50 bits per heavy atom. The SMILES string of the molecule is CCOC(=O)Cc1nc(Cl)c(C(F)(F)F)cc1C(F)F. The molecule has 1 heterocycles. The Morgan fingerprint density at radius 1 is 1.45 bits per heavy atom. The van der Waals surface area contributed by atoms with Gasteiger partial charge in [-0.25, -0.2) is 13.8 Å². The van der Waals surface area contributed by atoms with Gasteiger partial charge in [0.2, 0.25) is 0 Å². The van der Waals surface area contributed by atoms with Crippen molar-refractivity contribution in [3.8, 4) is 0 Å². The fraction of sp³-hybridized carbons (Fsp3) is 0.455. The lowest BCUT2D eigenvalue weighted by Gasteiger charge is -2.13. The molecular weight excluding hydrogens is 309 g/mol. The molecular formula is C11H9ClF5NO2. The van der Waals surface area contributed by atoms with E-state index in [4.69, 9.17) is 11.6 Å². The summed E-state index contributed by atoms with van der Waals surface area (Å²) in [6.07, 6.45) is -8.80. The van der Waals surface area contributed by atoms with E-state index < -0.39 is 47.0 Å². The third-order valence-electron chi connectivity index (χ3n) is 2.25. The second kappa shape index (κ2) is 6.34. The van der Waals surface area contributed by atoms with E-state index in [1.807, 2.05) is 0 Å². The predicted molar refractivity (Wildman–Crippen MR) is 59.5 cm³/mol. The predicted octanol–water partition coefficient (Wildman–Crippen LogP) is 3.80. The third-order valence-corrected chi connectivity index (χ3v) is 2.53. The van der Waals surface area contributed by atoms with Crippen molar-refractivity contribution < 1.29 is 31.5 Å². The van der Waals surface area contributed by atoms with E-state index in [2.05, 4.69) is 9.72 Å². The highest BCUT2D eigenvalue weighted by atomic mass is 35.5. The van der Waals surface area contributed by atoms with Crippen molar-refractivity contribution in [1.82, 2.24) is 4.98 Å². The number of ether oxygens (including phenoxy) is 1. The van der Waals surface area contributed by atoms with Gasteiger partial charge in [0.25, 0.3) is 6.43 Å². The molecule has 1 rings (SSSR count). The van der Waals surface area contributed by atoms with E-state index >= 15 is 0 Å². The van der Waals surface area contributed by atoms with Crippen LogP contribution in [0.2, 0.25) is 5.15 Å². The molecule has 0 fully saturated rings. The van der Waals surface area contributed by atoms with Crippen LogP contribution in [0.25, 0.3) is 0 Å². The van der Waals surface area contributed by atoms with Gasteiger partial charge in [-0.2, -0.15) is 13.2 Å². The van der Waals surface area contributed by atoms with Crippen molar-refractivity contribution in [2.24, 2.45) is 0 Å². The van der Waals surface area contributed by atoms with E-state index in [1.165, 1.54) is 6.92 Å². The Morgan fingerprint density at radius 2 is 2.05 bits per heavy atom. The van der Waals surface area contributed by atoms with Gasteiger partial charge in [-0.05, 0) is 13.0 Å². The lowest BCUT2D eigenvalue weighted by molar-refractivity contribution is -0.142. The molecule has 0 aliphatic heterocycles. The zero-order chi connectivity index (χ0) is 15.5. The fourth-order valence-corrected chi connectivity index (χ4v) is 1.68. The molecule has 0 amide bonds. The number of esters is 1. The normalized spacial score (nSPS) is 11.8. The van der Waals surface area contributed by atoms with Crippen molar-refractivity contribution in [1.29, 1.82) is 0 Å².